The maximum atomic E-state index is 5.04. The molecule has 5 rings (SSSR count). The van der Waals surface area contributed by atoms with Gasteiger partial charge in [0.1, 0.15) is 4.83 Å². The second-order valence-electron chi connectivity index (χ2n) is 5.79. The fourth-order valence-corrected chi connectivity index (χ4v) is 4.63. The molecule has 0 amide bonds. The summed E-state index contributed by atoms with van der Waals surface area (Å²) in [6.45, 7) is 0. The monoisotopic (exact) mass is 389 g/mol. The SMILES string of the molecule is Brc1ccc(-c2nc3sc4ccccc4c3c3ccccc23)cc1. The Hall–Kier alpha value is -2.23. The molecule has 0 atom stereocenters. The average Bonchev–Trinajstić information content (AvgIpc) is 3.00. The summed E-state index contributed by atoms with van der Waals surface area (Å²) < 4.78 is 2.37. The molecule has 0 radical (unpaired) electrons. The van der Waals surface area contributed by atoms with E-state index in [2.05, 4.69) is 88.7 Å². The highest BCUT2D eigenvalue weighted by molar-refractivity contribution is 9.10. The third-order valence-electron chi connectivity index (χ3n) is 4.36. The van der Waals surface area contributed by atoms with Crippen molar-refractivity contribution in [3.05, 3.63) is 77.3 Å². The van der Waals surface area contributed by atoms with Gasteiger partial charge < -0.3 is 0 Å². The first-order valence-corrected chi connectivity index (χ1v) is 9.38. The smallest absolute Gasteiger partial charge is 0.125 e. The van der Waals surface area contributed by atoms with E-state index in [-0.39, 0.29) is 0 Å². The van der Waals surface area contributed by atoms with Crippen molar-refractivity contribution in [1.29, 1.82) is 0 Å². The number of aromatic nitrogens is 1. The molecule has 0 saturated carbocycles. The number of thiophene rings is 1. The van der Waals surface area contributed by atoms with Gasteiger partial charge in [0.2, 0.25) is 0 Å². The van der Waals surface area contributed by atoms with Crippen LogP contribution in [0.1, 0.15) is 0 Å². The van der Waals surface area contributed by atoms with Crippen LogP contribution in [0, 0.1) is 0 Å². The van der Waals surface area contributed by atoms with Crippen LogP contribution < -0.4 is 0 Å². The minimum absolute atomic E-state index is 1.05. The van der Waals surface area contributed by atoms with Crippen molar-refractivity contribution in [2.45, 2.75) is 0 Å². The Bertz CT molecular complexity index is 1210. The summed E-state index contributed by atoms with van der Waals surface area (Å²) in [5.74, 6) is 0. The molecular formula is C21H12BrNS. The van der Waals surface area contributed by atoms with E-state index in [1.54, 1.807) is 11.3 Å². The van der Waals surface area contributed by atoms with Crippen LogP contribution in [0.25, 0.3) is 42.3 Å². The molecule has 0 aliphatic rings. The maximum absolute atomic E-state index is 5.04. The Morgan fingerprint density at radius 2 is 1.38 bits per heavy atom. The maximum Gasteiger partial charge on any atom is 0.125 e. The molecule has 0 saturated heterocycles. The minimum Gasteiger partial charge on any atom is -0.236 e. The topological polar surface area (TPSA) is 12.9 Å². The van der Waals surface area contributed by atoms with E-state index in [9.17, 15) is 0 Å². The predicted octanol–water partition coefficient (Wildman–Crippen LogP) is 7.03. The van der Waals surface area contributed by atoms with E-state index < -0.39 is 0 Å². The molecule has 2 heterocycles. The van der Waals surface area contributed by atoms with E-state index in [1.165, 1.54) is 26.2 Å². The summed E-state index contributed by atoms with van der Waals surface area (Å²) in [5, 5.41) is 5.05. The summed E-state index contributed by atoms with van der Waals surface area (Å²) in [6, 6.07) is 25.5. The fourth-order valence-electron chi connectivity index (χ4n) is 3.27. The number of pyridine rings is 1. The van der Waals surface area contributed by atoms with Crippen LogP contribution in [-0.4, -0.2) is 4.98 Å². The highest BCUT2D eigenvalue weighted by Crippen LogP contribution is 2.40. The van der Waals surface area contributed by atoms with Gasteiger partial charge >= 0.3 is 0 Å². The van der Waals surface area contributed by atoms with Crippen LogP contribution in [0.3, 0.4) is 0 Å². The first-order valence-electron chi connectivity index (χ1n) is 7.77. The summed E-state index contributed by atoms with van der Waals surface area (Å²) in [4.78, 5) is 6.15. The number of rotatable bonds is 1. The second kappa shape index (κ2) is 5.40. The first kappa shape index (κ1) is 14.1. The highest BCUT2D eigenvalue weighted by Gasteiger charge is 2.14. The number of nitrogens with zero attached hydrogens (tertiary/aromatic N) is 1. The molecule has 114 valence electrons. The van der Waals surface area contributed by atoms with Crippen molar-refractivity contribution in [2.24, 2.45) is 0 Å². The molecule has 2 aromatic heterocycles. The minimum atomic E-state index is 1.05. The molecule has 3 heteroatoms. The lowest BCUT2D eigenvalue weighted by atomic mass is 10.0. The zero-order chi connectivity index (χ0) is 16.1. The molecule has 1 nitrogen and oxygen atoms in total. The normalized spacial score (nSPS) is 11.5. The Morgan fingerprint density at radius 1 is 0.708 bits per heavy atom. The van der Waals surface area contributed by atoms with E-state index >= 15 is 0 Å². The van der Waals surface area contributed by atoms with Gasteiger partial charge in [0.15, 0.2) is 0 Å². The van der Waals surface area contributed by atoms with Crippen LogP contribution in [0.15, 0.2) is 77.3 Å². The molecule has 5 aromatic rings. The lowest BCUT2D eigenvalue weighted by Gasteiger charge is -2.08. The van der Waals surface area contributed by atoms with E-state index in [4.69, 9.17) is 4.98 Å². The molecule has 0 unspecified atom stereocenters. The van der Waals surface area contributed by atoms with E-state index in [1.807, 2.05) is 0 Å². The lowest BCUT2D eigenvalue weighted by Crippen LogP contribution is -1.87. The van der Waals surface area contributed by atoms with Gasteiger partial charge in [-0.3, -0.25) is 0 Å². The van der Waals surface area contributed by atoms with E-state index in [0.29, 0.717) is 0 Å². The number of fused-ring (bicyclic) bond motifs is 5. The summed E-state index contributed by atoms with van der Waals surface area (Å²) in [7, 11) is 0. The van der Waals surface area contributed by atoms with Crippen molar-refractivity contribution in [3.8, 4) is 11.3 Å². The van der Waals surface area contributed by atoms with Gasteiger partial charge in [0.05, 0.1) is 5.69 Å². The Labute approximate surface area is 151 Å². The number of hydrogen-bond acceptors (Lipinski definition) is 2. The van der Waals surface area contributed by atoms with Crippen LogP contribution in [-0.2, 0) is 0 Å². The largest absolute Gasteiger partial charge is 0.236 e. The number of halogens is 1. The van der Waals surface area contributed by atoms with Crippen molar-refractivity contribution < 1.29 is 0 Å². The van der Waals surface area contributed by atoms with Crippen molar-refractivity contribution in [1.82, 2.24) is 4.98 Å². The van der Waals surface area contributed by atoms with Gasteiger partial charge in [-0.05, 0) is 23.6 Å². The molecule has 0 aliphatic carbocycles. The Kier molecular flexibility index (Phi) is 3.18. The quantitative estimate of drug-likeness (QED) is 0.299. The molecule has 3 aromatic carbocycles. The lowest BCUT2D eigenvalue weighted by molar-refractivity contribution is 1.45. The zero-order valence-electron chi connectivity index (χ0n) is 12.7. The molecule has 0 spiro atoms. The molecule has 0 N–H and O–H groups in total. The van der Waals surface area contributed by atoms with Gasteiger partial charge in [-0.25, -0.2) is 4.98 Å². The van der Waals surface area contributed by atoms with E-state index in [0.717, 1.165) is 20.6 Å². The first-order chi connectivity index (χ1) is 11.8. The van der Waals surface area contributed by atoms with Gasteiger partial charge in [0, 0.05) is 30.9 Å². The summed E-state index contributed by atoms with van der Waals surface area (Å²) in [5.41, 5.74) is 2.20. The predicted molar refractivity (Wildman–Crippen MR) is 108 cm³/mol. The van der Waals surface area contributed by atoms with Crippen LogP contribution in [0.5, 0.6) is 0 Å². The summed E-state index contributed by atoms with van der Waals surface area (Å²) in [6.07, 6.45) is 0. The Morgan fingerprint density at radius 3 is 2.17 bits per heavy atom. The third-order valence-corrected chi connectivity index (χ3v) is 5.95. The molecule has 0 bridgehead atoms. The highest BCUT2D eigenvalue weighted by atomic mass is 79.9. The Balaban J connectivity index is 1.97. The van der Waals surface area contributed by atoms with Crippen molar-refractivity contribution >= 4 is 58.3 Å². The van der Waals surface area contributed by atoms with Gasteiger partial charge in [0.25, 0.3) is 0 Å². The molecule has 0 fully saturated rings. The fraction of sp³-hybridized carbons (Fsp3) is 0. The van der Waals surface area contributed by atoms with Crippen molar-refractivity contribution in [2.75, 3.05) is 0 Å². The van der Waals surface area contributed by atoms with Gasteiger partial charge in [-0.15, -0.1) is 11.3 Å². The standard InChI is InChI=1S/C21H12BrNS/c22-14-11-9-13(10-12-14)20-16-6-2-1-5-15(16)19-17-7-3-4-8-18(17)24-21(19)23-20/h1-12H. The van der Waals surface area contributed by atoms with Gasteiger partial charge in [-0.2, -0.15) is 0 Å². The average molecular weight is 390 g/mol. The summed E-state index contributed by atoms with van der Waals surface area (Å²) >= 11 is 5.28. The second-order valence-corrected chi connectivity index (χ2v) is 7.74. The van der Waals surface area contributed by atoms with Crippen molar-refractivity contribution in [3.63, 3.8) is 0 Å². The molecule has 0 aliphatic heterocycles. The number of hydrogen-bond donors (Lipinski definition) is 0. The molecule has 24 heavy (non-hydrogen) atoms. The zero-order valence-corrected chi connectivity index (χ0v) is 15.1. The molecular weight excluding hydrogens is 378 g/mol. The van der Waals surface area contributed by atoms with Gasteiger partial charge in [-0.1, -0.05) is 70.5 Å². The third kappa shape index (κ3) is 2.09. The van der Waals surface area contributed by atoms with Crippen LogP contribution in [0.4, 0.5) is 0 Å². The number of benzene rings is 3. The van der Waals surface area contributed by atoms with Crippen LogP contribution in [0.2, 0.25) is 0 Å². The van der Waals surface area contributed by atoms with Crippen LogP contribution >= 0.6 is 27.3 Å².